The number of hydrogen-bond donors (Lipinski definition) is 1. The fourth-order valence-electron chi connectivity index (χ4n) is 0.354. The zero-order valence-electron chi connectivity index (χ0n) is 8.05. The molecule has 0 atom stereocenters. The van der Waals surface area contributed by atoms with Crippen LogP contribution in [0.3, 0.4) is 0 Å². The molecular weight excluding hydrogens is 156 g/mol. The highest BCUT2D eigenvalue weighted by Gasteiger charge is 2.11. The van der Waals surface area contributed by atoms with Crippen molar-refractivity contribution in [2.24, 2.45) is 10.6 Å². The molecule has 12 heavy (non-hydrogen) atoms. The van der Waals surface area contributed by atoms with Gasteiger partial charge in [0.2, 0.25) is 0 Å². The van der Waals surface area contributed by atoms with E-state index in [1.165, 1.54) is 7.05 Å². The SMILES string of the molecule is CCC(C)(C)/C=N/OC(=O)NC. The van der Waals surface area contributed by atoms with E-state index in [1.807, 2.05) is 20.8 Å². The lowest BCUT2D eigenvalue weighted by Crippen LogP contribution is -2.18. The van der Waals surface area contributed by atoms with Gasteiger partial charge in [0, 0.05) is 12.5 Å². The van der Waals surface area contributed by atoms with Crippen LogP contribution in [-0.4, -0.2) is 19.4 Å². The van der Waals surface area contributed by atoms with Crippen LogP contribution in [0.1, 0.15) is 27.2 Å². The Morgan fingerprint density at radius 3 is 2.67 bits per heavy atom. The Balaban J connectivity index is 3.83. The van der Waals surface area contributed by atoms with Crippen molar-refractivity contribution in [2.75, 3.05) is 7.05 Å². The monoisotopic (exact) mass is 172 g/mol. The maximum atomic E-state index is 10.5. The molecular formula is C8H16N2O2. The molecule has 0 spiro atoms. The molecule has 0 aliphatic rings. The summed E-state index contributed by atoms with van der Waals surface area (Å²) in [7, 11) is 1.49. The summed E-state index contributed by atoms with van der Waals surface area (Å²) in [6.07, 6.45) is 2.04. The molecule has 0 aromatic rings. The van der Waals surface area contributed by atoms with Crippen molar-refractivity contribution in [1.29, 1.82) is 0 Å². The summed E-state index contributed by atoms with van der Waals surface area (Å²) in [4.78, 5) is 15.0. The molecule has 0 bridgehead atoms. The fraction of sp³-hybridized carbons (Fsp3) is 0.750. The minimum absolute atomic E-state index is 0.0198. The highest BCUT2D eigenvalue weighted by Crippen LogP contribution is 2.15. The summed E-state index contributed by atoms with van der Waals surface area (Å²) < 4.78 is 0. The van der Waals surface area contributed by atoms with Gasteiger partial charge in [-0.2, -0.15) is 0 Å². The highest BCUT2D eigenvalue weighted by molar-refractivity contribution is 5.69. The molecule has 0 saturated heterocycles. The normalized spacial score (nSPS) is 11.7. The van der Waals surface area contributed by atoms with Crippen LogP contribution in [0.25, 0.3) is 0 Å². The molecule has 1 amide bonds. The molecule has 70 valence electrons. The van der Waals surface area contributed by atoms with Gasteiger partial charge in [-0.25, -0.2) is 4.79 Å². The number of nitrogens with one attached hydrogen (secondary N) is 1. The molecule has 0 unspecified atom stereocenters. The smallest absolute Gasteiger partial charge is 0.323 e. The van der Waals surface area contributed by atoms with Gasteiger partial charge < -0.3 is 5.32 Å². The summed E-state index contributed by atoms with van der Waals surface area (Å²) in [5.74, 6) is 0. The van der Waals surface area contributed by atoms with Crippen LogP contribution in [0.4, 0.5) is 4.79 Å². The lowest BCUT2D eigenvalue weighted by molar-refractivity contribution is 0.152. The first-order valence-corrected chi connectivity index (χ1v) is 3.95. The van der Waals surface area contributed by atoms with Crippen LogP contribution in [0.2, 0.25) is 0 Å². The summed E-state index contributed by atoms with van der Waals surface area (Å²) in [5.41, 5.74) is -0.0198. The van der Waals surface area contributed by atoms with E-state index in [0.29, 0.717) is 0 Å². The van der Waals surface area contributed by atoms with E-state index in [-0.39, 0.29) is 5.41 Å². The number of amides is 1. The van der Waals surface area contributed by atoms with Crippen LogP contribution < -0.4 is 5.32 Å². The van der Waals surface area contributed by atoms with Gasteiger partial charge in [-0.1, -0.05) is 25.9 Å². The lowest BCUT2D eigenvalue weighted by atomic mass is 9.92. The number of carbonyl (C=O) groups is 1. The van der Waals surface area contributed by atoms with Gasteiger partial charge >= 0.3 is 6.09 Å². The van der Waals surface area contributed by atoms with E-state index in [2.05, 4.69) is 15.3 Å². The van der Waals surface area contributed by atoms with Crippen molar-refractivity contribution in [3.05, 3.63) is 0 Å². The van der Waals surface area contributed by atoms with Crippen molar-refractivity contribution in [3.63, 3.8) is 0 Å². The van der Waals surface area contributed by atoms with Crippen LogP contribution >= 0.6 is 0 Å². The average molecular weight is 172 g/mol. The van der Waals surface area contributed by atoms with E-state index < -0.39 is 6.09 Å². The molecule has 4 nitrogen and oxygen atoms in total. The minimum atomic E-state index is -0.543. The number of nitrogens with zero attached hydrogens (tertiary/aromatic N) is 1. The molecule has 0 heterocycles. The second-order valence-electron chi connectivity index (χ2n) is 3.21. The van der Waals surface area contributed by atoms with Crippen LogP contribution in [0.15, 0.2) is 5.16 Å². The molecule has 0 aromatic carbocycles. The second kappa shape index (κ2) is 4.74. The van der Waals surface area contributed by atoms with Gasteiger partial charge in [-0.05, 0) is 6.42 Å². The third kappa shape index (κ3) is 4.71. The maximum Gasteiger partial charge on any atom is 0.433 e. The van der Waals surface area contributed by atoms with Gasteiger partial charge in [0.1, 0.15) is 0 Å². The van der Waals surface area contributed by atoms with E-state index in [9.17, 15) is 4.79 Å². The van der Waals surface area contributed by atoms with E-state index in [4.69, 9.17) is 0 Å². The van der Waals surface area contributed by atoms with Gasteiger partial charge in [0.25, 0.3) is 0 Å². The summed E-state index contributed by atoms with van der Waals surface area (Å²) in [6, 6.07) is 0. The van der Waals surface area contributed by atoms with Crippen molar-refractivity contribution in [2.45, 2.75) is 27.2 Å². The summed E-state index contributed by atoms with van der Waals surface area (Å²) in [5, 5.41) is 5.84. The van der Waals surface area contributed by atoms with Crippen LogP contribution in [0.5, 0.6) is 0 Å². The van der Waals surface area contributed by atoms with Gasteiger partial charge in [0.15, 0.2) is 0 Å². The van der Waals surface area contributed by atoms with Gasteiger partial charge in [-0.15, -0.1) is 0 Å². The van der Waals surface area contributed by atoms with Gasteiger partial charge in [-0.3, -0.25) is 4.84 Å². The third-order valence-corrected chi connectivity index (χ3v) is 1.65. The van der Waals surface area contributed by atoms with E-state index in [1.54, 1.807) is 6.21 Å². The molecule has 1 N–H and O–H groups in total. The Bertz CT molecular complexity index is 176. The Hall–Kier alpha value is -1.06. The summed E-state index contributed by atoms with van der Waals surface area (Å²) >= 11 is 0. The van der Waals surface area contributed by atoms with E-state index >= 15 is 0 Å². The zero-order valence-corrected chi connectivity index (χ0v) is 8.05. The van der Waals surface area contributed by atoms with Crippen molar-refractivity contribution < 1.29 is 9.63 Å². The Morgan fingerprint density at radius 2 is 2.25 bits per heavy atom. The minimum Gasteiger partial charge on any atom is -0.323 e. The molecule has 0 aliphatic carbocycles. The molecule has 0 aliphatic heterocycles. The first-order chi connectivity index (χ1) is 5.52. The number of oxime groups is 1. The Morgan fingerprint density at radius 1 is 1.67 bits per heavy atom. The fourth-order valence-corrected chi connectivity index (χ4v) is 0.354. The molecule has 0 saturated carbocycles. The molecule has 0 aromatic heterocycles. The predicted molar refractivity (Wildman–Crippen MR) is 48.1 cm³/mol. The highest BCUT2D eigenvalue weighted by atomic mass is 16.7. The third-order valence-electron chi connectivity index (χ3n) is 1.65. The largest absolute Gasteiger partial charge is 0.433 e. The molecule has 0 radical (unpaired) electrons. The Kier molecular flexibility index (Phi) is 4.33. The first kappa shape index (κ1) is 10.9. The van der Waals surface area contributed by atoms with Crippen molar-refractivity contribution in [1.82, 2.24) is 5.32 Å². The standard InChI is InChI=1S/C8H16N2O2/c1-5-8(2,3)6-10-12-7(11)9-4/h6H,5H2,1-4H3,(H,9,11)/b10-6+. The summed E-state index contributed by atoms with van der Waals surface area (Å²) in [6.45, 7) is 6.08. The topological polar surface area (TPSA) is 50.7 Å². The second-order valence-corrected chi connectivity index (χ2v) is 3.21. The lowest BCUT2D eigenvalue weighted by Gasteiger charge is -2.14. The Labute approximate surface area is 73.0 Å². The molecule has 0 rings (SSSR count). The number of carbonyl (C=O) groups excluding carboxylic acids is 1. The average Bonchev–Trinajstić information content (AvgIpc) is 2.04. The zero-order chi connectivity index (χ0) is 9.61. The van der Waals surface area contributed by atoms with E-state index in [0.717, 1.165) is 6.42 Å². The quantitative estimate of drug-likeness (QED) is 0.400. The molecule has 0 fully saturated rings. The number of rotatable bonds is 3. The van der Waals surface area contributed by atoms with Gasteiger partial charge in [0.05, 0.1) is 6.21 Å². The maximum absolute atomic E-state index is 10.5. The van der Waals surface area contributed by atoms with Crippen LogP contribution in [-0.2, 0) is 4.84 Å². The molecule has 4 heteroatoms. The van der Waals surface area contributed by atoms with Crippen LogP contribution in [0, 0.1) is 5.41 Å². The van der Waals surface area contributed by atoms with Crippen molar-refractivity contribution >= 4 is 12.3 Å². The first-order valence-electron chi connectivity index (χ1n) is 3.95. The number of hydrogen-bond acceptors (Lipinski definition) is 3. The van der Waals surface area contributed by atoms with Crippen molar-refractivity contribution in [3.8, 4) is 0 Å². The predicted octanol–water partition coefficient (Wildman–Crippen LogP) is 1.76.